The van der Waals surface area contributed by atoms with Crippen LogP contribution in [0, 0.1) is 25.1 Å². The highest BCUT2D eigenvalue weighted by Crippen LogP contribution is 2.23. The summed E-state index contributed by atoms with van der Waals surface area (Å²) in [5.41, 5.74) is 2.19. The first-order chi connectivity index (χ1) is 8.69. The van der Waals surface area contributed by atoms with E-state index in [1.807, 2.05) is 13.0 Å². The summed E-state index contributed by atoms with van der Waals surface area (Å²) in [6.07, 6.45) is 9.16. The largest absolute Gasteiger partial charge is 0.310 e. The number of nitrogens with one attached hydrogen (secondary N) is 1. The van der Waals surface area contributed by atoms with Crippen molar-refractivity contribution in [3.8, 4) is 12.3 Å². The SMILES string of the molecule is C#CCCCC(NCCC)c1ccc(F)cc1C. The van der Waals surface area contributed by atoms with Gasteiger partial charge in [-0.05, 0) is 56.0 Å². The quantitative estimate of drug-likeness (QED) is 0.567. The lowest BCUT2D eigenvalue weighted by molar-refractivity contribution is 0.484. The van der Waals surface area contributed by atoms with Crippen molar-refractivity contribution >= 4 is 0 Å². The second kappa shape index (κ2) is 7.89. The molecule has 0 fully saturated rings. The van der Waals surface area contributed by atoms with E-state index >= 15 is 0 Å². The van der Waals surface area contributed by atoms with Gasteiger partial charge < -0.3 is 5.32 Å². The highest BCUT2D eigenvalue weighted by molar-refractivity contribution is 5.29. The van der Waals surface area contributed by atoms with Crippen molar-refractivity contribution in [1.82, 2.24) is 5.32 Å². The fourth-order valence-electron chi connectivity index (χ4n) is 2.12. The van der Waals surface area contributed by atoms with E-state index in [1.54, 1.807) is 6.07 Å². The summed E-state index contributed by atoms with van der Waals surface area (Å²) in [6, 6.07) is 5.29. The molecular formula is C16H22FN. The third-order valence-corrected chi connectivity index (χ3v) is 3.06. The number of halogens is 1. The van der Waals surface area contributed by atoms with Gasteiger partial charge in [-0.15, -0.1) is 12.3 Å². The molecule has 0 aliphatic carbocycles. The van der Waals surface area contributed by atoms with Gasteiger partial charge >= 0.3 is 0 Å². The molecule has 18 heavy (non-hydrogen) atoms. The molecule has 0 saturated heterocycles. The minimum Gasteiger partial charge on any atom is -0.310 e. The smallest absolute Gasteiger partial charge is 0.123 e. The van der Waals surface area contributed by atoms with Gasteiger partial charge in [-0.3, -0.25) is 0 Å². The van der Waals surface area contributed by atoms with Crippen LogP contribution in [-0.2, 0) is 0 Å². The van der Waals surface area contributed by atoms with E-state index in [0.717, 1.165) is 37.8 Å². The van der Waals surface area contributed by atoms with Crippen molar-refractivity contribution in [2.45, 2.75) is 45.6 Å². The number of benzene rings is 1. The van der Waals surface area contributed by atoms with E-state index in [0.29, 0.717) is 0 Å². The van der Waals surface area contributed by atoms with Crippen molar-refractivity contribution in [3.63, 3.8) is 0 Å². The monoisotopic (exact) mass is 247 g/mol. The Bertz CT molecular complexity index is 406. The molecule has 1 aromatic rings. The third-order valence-electron chi connectivity index (χ3n) is 3.06. The Labute approximate surface area is 110 Å². The predicted molar refractivity (Wildman–Crippen MR) is 74.9 cm³/mol. The highest BCUT2D eigenvalue weighted by Gasteiger charge is 2.12. The van der Waals surface area contributed by atoms with E-state index in [9.17, 15) is 4.39 Å². The van der Waals surface area contributed by atoms with Gasteiger partial charge in [-0.1, -0.05) is 13.0 Å². The molecule has 1 unspecified atom stereocenters. The molecule has 0 aliphatic rings. The van der Waals surface area contributed by atoms with E-state index in [-0.39, 0.29) is 11.9 Å². The Morgan fingerprint density at radius 2 is 2.22 bits per heavy atom. The number of terminal acetylenes is 1. The average molecular weight is 247 g/mol. The first kappa shape index (κ1) is 14.7. The van der Waals surface area contributed by atoms with Crippen molar-refractivity contribution < 1.29 is 4.39 Å². The second-order valence-electron chi connectivity index (χ2n) is 4.60. The van der Waals surface area contributed by atoms with E-state index < -0.39 is 0 Å². The minimum atomic E-state index is -0.172. The van der Waals surface area contributed by atoms with E-state index in [1.165, 1.54) is 11.6 Å². The Morgan fingerprint density at radius 3 is 2.83 bits per heavy atom. The maximum Gasteiger partial charge on any atom is 0.123 e. The van der Waals surface area contributed by atoms with E-state index in [4.69, 9.17) is 6.42 Å². The van der Waals surface area contributed by atoms with Crippen molar-refractivity contribution in [2.75, 3.05) is 6.54 Å². The Hall–Kier alpha value is -1.33. The van der Waals surface area contributed by atoms with Crippen LogP contribution in [0.25, 0.3) is 0 Å². The van der Waals surface area contributed by atoms with Gasteiger partial charge in [-0.25, -0.2) is 4.39 Å². The molecule has 1 nitrogen and oxygen atoms in total. The molecule has 1 rings (SSSR count). The van der Waals surface area contributed by atoms with Crippen molar-refractivity contribution in [2.24, 2.45) is 0 Å². The van der Waals surface area contributed by atoms with Crippen molar-refractivity contribution in [3.05, 3.63) is 35.1 Å². The third kappa shape index (κ3) is 4.50. The van der Waals surface area contributed by atoms with Crippen LogP contribution in [0.4, 0.5) is 4.39 Å². The van der Waals surface area contributed by atoms with E-state index in [2.05, 4.69) is 18.2 Å². The first-order valence-corrected chi connectivity index (χ1v) is 6.62. The number of aryl methyl sites for hydroxylation is 1. The molecular weight excluding hydrogens is 225 g/mol. The van der Waals surface area contributed by atoms with Crippen LogP contribution in [0.15, 0.2) is 18.2 Å². The molecule has 1 aromatic carbocycles. The molecule has 98 valence electrons. The molecule has 0 amide bonds. The lowest BCUT2D eigenvalue weighted by Crippen LogP contribution is -2.23. The van der Waals surface area contributed by atoms with Gasteiger partial charge in [0.25, 0.3) is 0 Å². The summed E-state index contributed by atoms with van der Waals surface area (Å²) in [6.45, 7) is 5.07. The van der Waals surface area contributed by atoms with Crippen LogP contribution in [-0.4, -0.2) is 6.54 Å². The lowest BCUT2D eigenvalue weighted by atomic mass is 9.96. The molecule has 1 N–H and O–H groups in total. The molecule has 0 bridgehead atoms. The highest BCUT2D eigenvalue weighted by atomic mass is 19.1. The fraction of sp³-hybridized carbons (Fsp3) is 0.500. The van der Waals surface area contributed by atoms with Gasteiger partial charge in [0.15, 0.2) is 0 Å². The molecule has 1 atom stereocenters. The molecule has 0 radical (unpaired) electrons. The zero-order valence-corrected chi connectivity index (χ0v) is 11.3. The topological polar surface area (TPSA) is 12.0 Å². The maximum atomic E-state index is 13.1. The summed E-state index contributed by atoms with van der Waals surface area (Å²) in [5, 5.41) is 3.51. The van der Waals surface area contributed by atoms with Crippen LogP contribution < -0.4 is 5.32 Å². The Morgan fingerprint density at radius 1 is 1.44 bits per heavy atom. The first-order valence-electron chi connectivity index (χ1n) is 6.62. The molecule has 0 aromatic heterocycles. The van der Waals surface area contributed by atoms with Gasteiger partial charge in [-0.2, -0.15) is 0 Å². The molecule has 0 saturated carbocycles. The number of rotatable bonds is 7. The minimum absolute atomic E-state index is 0.172. The van der Waals surface area contributed by atoms with Crippen LogP contribution in [0.5, 0.6) is 0 Å². The fourth-order valence-corrected chi connectivity index (χ4v) is 2.12. The summed E-state index contributed by atoms with van der Waals surface area (Å²) in [5.74, 6) is 2.49. The Kier molecular flexibility index (Phi) is 6.46. The number of hydrogen-bond donors (Lipinski definition) is 1. The molecule has 0 aliphatic heterocycles. The van der Waals surface area contributed by atoms with Gasteiger partial charge in [0.05, 0.1) is 0 Å². The zero-order valence-electron chi connectivity index (χ0n) is 11.3. The molecule has 2 heteroatoms. The van der Waals surface area contributed by atoms with Crippen LogP contribution >= 0.6 is 0 Å². The second-order valence-corrected chi connectivity index (χ2v) is 4.60. The number of unbranched alkanes of at least 4 members (excludes halogenated alkanes) is 1. The summed E-state index contributed by atoms with van der Waals surface area (Å²) in [4.78, 5) is 0. The summed E-state index contributed by atoms with van der Waals surface area (Å²) in [7, 11) is 0. The summed E-state index contributed by atoms with van der Waals surface area (Å²) < 4.78 is 13.1. The van der Waals surface area contributed by atoms with Crippen LogP contribution in [0.3, 0.4) is 0 Å². The van der Waals surface area contributed by atoms with Gasteiger partial charge in [0, 0.05) is 12.5 Å². The maximum absolute atomic E-state index is 13.1. The number of hydrogen-bond acceptors (Lipinski definition) is 1. The summed E-state index contributed by atoms with van der Waals surface area (Å²) >= 11 is 0. The molecule has 0 heterocycles. The van der Waals surface area contributed by atoms with Gasteiger partial charge in [0.2, 0.25) is 0 Å². The van der Waals surface area contributed by atoms with Gasteiger partial charge in [0.1, 0.15) is 5.82 Å². The average Bonchev–Trinajstić information content (AvgIpc) is 2.34. The Balaban J connectivity index is 2.76. The molecule has 0 spiro atoms. The zero-order chi connectivity index (χ0) is 13.4. The normalized spacial score (nSPS) is 12.1. The van der Waals surface area contributed by atoms with Crippen LogP contribution in [0.2, 0.25) is 0 Å². The van der Waals surface area contributed by atoms with Crippen molar-refractivity contribution in [1.29, 1.82) is 0 Å². The lowest BCUT2D eigenvalue weighted by Gasteiger charge is -2.20. The predicted octanol–water partition coefficient (Wildman–Crippen LogP) is 3.98. The van der Waals surface area contributed by atoms with Crippen LogP contribution in [0.1, 0.15) is 49.8 Å². The standard InChI is InChI=1S/C16H22FN/c1-4-6-7-8-16(18-11-5-2)15-10-9-14(17)12-13(15)3/h1,9-10,12,16,18H,5-8,11H2,2-3H3.